The Hall–Kier alpha value is -1.30. The molecule has 4 N–H and O–H groups in total. The highest BCUT2D eigenvalue weighted by atomic mass is 32.1. The second-order valence-corrected chi connectivity index (χ2v) is 7.95. The molecule has 2 bridgehead atoms. The zero-order valence-electron chi connectivity index (χ0n) is 11.8. The first-order valence-electron chi connectivity index (χ1n) is 8.05. The Morgan fingerprint density at radius 1 is 1.19 bits per heavy atom. The largest absolute Gasteiger partial charge is 0.382 e. The van der Waals surface area contributed by atoms with Crippen LogP contribution < -0.4 is 16.4 Å². The number of carbonyl (C=O) groups excluding carboxylic acids is 1. The Morgan fingerprint density at radius 2 is 1.90 bits per heavy atom. The Bertz CT molecular complexity index is 595. The lowest BCUT2D eigenvalue weighted by molar-refractivity contribution is 0.0953. The van der Waals surface area contributed by atoms with Crippen molar-refractivity contribution in [2.24, 2.45) is 23.7 Å². The first-order chi connectivity index (χ1) is 10.2. The zero-order valence-corrected chi connectivity index (χ0v) is 12.7. The Labute approximate surface area is 127 Å². The number of hydrogen-bond acceptors (Lipinski definition) is 5. The first kappa shape index (κ1) is 12.3. The second-order valence-electron chi connectivity index (χ2n) is 7.18. The van der Waals surface area contributed by atoms with Crippen LogP contribution in [0.15, 0.2) is 0 Å². The summed E-state index contributed by atoms with van der Waals surface area (Å²) in [6.45, 7) is 0. The summed E-state index contributed by atoms with van der Waals surface area (Å²) in [5, 5.41) is 7.50. The summed E-state index contributed by atoms with van der Waals surface area (Å²) in [7, 11) is 0. The van der Waals surface area contributed by atoms with Crippen molar-refractivity contribution in [2.45, 2.75) is 44.2 Å². The lowest BCUT2D eigenvalue weighted by atomic mass is 10.0. The minimum Gasteiger partial charge on any atom is -0.382 e. The molecule has 112 valence electrons. The number of anilines is 2. The molecule has 0 saturated heterocycles. The van der Waals surface area contributed by atoms with Gasteiger partial charge in [-0.25, -0.2) is 0 Å². The highest BCUT2D eigenvalue weighted by Gasteiger charge is 2.65. The van der Waals surface area contributed by atoms with Gasteiger partial charge in [-0.2, -0.15) is 4.37 Å². The van der Waals surface area contributed by atoms with Crippen molar-refractivity contribution < 1.29 is 4.79 Å². The van der Waals surface area contributed by atoms with Gasteiger partial charge in [0.1, 0.15) is 10.6 Å². The molecule has 1 aromatic heterocycles. The molecule has 0 spiro atoms. The van der Waals surface area contributed by atoms with Gasteiger partial charge in [-0.3, -0.25) is 4.79 Å². The highest BCUT2D eigenvalue weighted by Crippen LogP contribution is 2.66. The van der Waals surface area contributed by atoms with E-state index in [0.29, 0.717) is 23.5 Å². The van der Waals surface area contributed by atoms with E-state index in [4.69, 9.17) is 5.73 Å². The van der Waals surface area contributed by atoms with Gasteiger partial charge in [-0.05, 0) is 67.3 Å². The van der Waals surface area contributed by atoms with Crippen LogP contribution in [0, 0.1) is 23.7 Å². The Kier molecular flexibility index (Phi) is 2.41. The highest BCUT2D eigenvalue weighted by molar-refractivity contribution is 7.11. The maximum absolute atomic E-state index is 12.3. The van der Waals surface area contributed by atoms with Crippen molar-refractivity contribution in [2.75, 3.05) is 11.1 Å². The molecule has 1 amide bonds. The molecule has 5 nitrogen and oxygen atoms in total. The first-order valence-corrected chi connectivity index (χ1v) is 8.82. The number of nitrogens with zero attached hydrogens (tertiary/aromatic N) is 1. The van der Waals surface area contributed by atoms with E-state index in [0.717, 1.165) is 41.5 Å². The number of hydrogen-bond donors (Lipinski definition) is 3. The van der Waals surface area contributed by atoms with Gasteiger partial charge in [0.15, 0.2) is 5.82 Å². The number of nitrogen functional groups attached to an aromatic ring is 1. The van der Waals surface area contributed by atoms with Gasteiger partial charge in [0.25, 0.3) is 5.91 Å². The molecular formula is C15H20N4OS. The van der Waals surface area contributed by atoms with Gasteiger partial charge in [0, 0.05) is 12.1 Å². The van der Waals surface area contributed by atoms with Gasteiger partial charge < -0.3 is 16.4 Å². The van der Waals surface area contributed by atoms with Crippen LogP contribution >= 0.6 is 11.5 Å². The summed E-state index contributed by atoms with van der Waals surface area (Å²) >= 11 is 1.33. The summed E-state index contributed by atoms with van der Waals surface area (Å²) < 4.78 is 4.19. The molecule has 1 heterocycles. The summed E-state index contributed by atoms with van der Waals surface area (Å²) in [5.74, 6) is 3.84. The molecule has 21 heavy (non-hydrogen) atoms. The van der Waals surface area contributed by atoms with E-state index in [1.165, 1.54) is 30.8 Å². The fourth-order valence-electron chi connectivity index (χ4n) is 4.78. The fourth-order valence-corrected chi connectivity index (χ4v) is 5.53. The zero-order chi connectivity index (χ0) is 14.1. The van der Waals surface area contributed by atoms with Gasteiger partial charge in [0.05, 0.1) is 0 Å². The minimum absolute atomic E-state index is 0.0555. The molecule has 4 fully saturated rings. The van der Waals surface area contributed by atoms with Crippen molar-refractivity contribution in [3.05, 3.63) is 5.56 Å². The molecule has 4 aliphatic rings. The molecule has 4 unspecified atom stereocenters. The van der Waals surface area contributed by atoms with Crippen molar-refractivity contribution in [1.82, 2.24) is 9.69 Å². The van der Waals surface area contributed by atoms with E-state index in [1.807, 2.05) is 0 Å². The van der Waals surface area contributed by atoms with Crippen molar-refractivity contribution in [3.63, 3.8) is 0 Å². The quantitative estimate of drug-likeness (QED) is 0.795. The van der Waals surface area contributed by atoms with Crippen LogP contribution in [0.2, 0.25) is 0 Å². The van der Waals surface area contributed by atoms with Gasteiger partial charge in [0.2, 0.25) is 0 Å². The maximum atomic E-state index is 12.3. The third-order valence-electron chi connectivity index (χ3n) is 5.89. The third kappa shape index (κ3) is 1.81. The van der Waals surface area contributed by atoms with E-state index in [2.05, 4.69) is 15.0 Å². The molecule has 4 atom stereocenters. The average Bonchev–Trinajstić information content (AvgIpc) is 3.27. The number of fused-ring (bicyclic) bond motifs is 5. The Morgan fingerprint density at radius 3 is 2.57 bits per heavy atom. The van der Waals surface area contributed by atoms with Crippen LogP contribution in [0.3, 0.4) is 0 Å². The topological polar surface area (TPSA) is 80.0 Å². The number of amides is 1. The predicted octanol–water partition coefficient (Wildman–Crippen LogP) is 2.07. The van der Waals surface area contributed by atoms with Crippen LogP contribution in [0.5, 0.6) is 0 Å². The van der Waals surface area contributed by atoms with E-state index in [9.17, 15) is 4.79 Å². The molecule has 1 aromatic rings. The number of nitrogens with two attached hydrogens (primary N) is 1. The Balaban J connectivity index is 1.34. The van der Waals surface area contributed by atoms with E-state index < -0.39 is 0 Å². The minimum atomic E-state index is -0.0555. The van der Waals surface area contributed by atoms with Crippen LogP contribution in [-0.4, -0.2) is 22.4 Å². The van der Waals surface area contributed by atoms with Crippen LogP contribution in [0.4, 0.5) is 10.8 Å². The van der Waals surface area contributed by atoms with Gasteiger partial charge >= 0.3 is 0 Å². The third-order valence-corrected chi connectivity index (χ3v) is 6.68. The van der Waals surface area contributed by atoms with Crippen LogP contribution in [0.25, 0.3) is 0 Å². The average molecular weight is 304 g/mol. The predicted molar refractivity (Wildman–Crippen MR) is 82.2 cm³/mol. The van der Waals surface area contributed by atoms with E-state index in [1.54, 1.807) is 0 Å². The van der Waals surface area contributed by atoms with Gasteiger partial charge in [-0.1, -0.05) is 0 Å². The molecule has 4 saturated carbocycles. The molecule has 5 rings (SSSR count). The molecular weight excluding hydrogens is 284 g/mol. The van der Waals surface area contributed by atoms with Crippen LogP contribution in [-0.2, 0) is 0 Å². The molecule has 4 aliphatic carbocycles. The smallest absolute Gasteiger partial charge is 0.258 e. The second kappa shape index (κ2) is 4.12. The molecule has 0 aromatic carbocycles. The fraction of sp³-hybridized carbons (Fsp3) is 0.733. The standard InChI is InChI=1S/C15H20N4OS/c16-13-11(14(20)17-8-3-4-8)15(21-19-13)18-12-9-6-1-2-7(5-6)10(9)12/h6-10,12,18H,1-5H2,(H2,16,19)(H,17,20). The van der Waals surface area contributed by atoms with Crippen molar-refractivity contribution >= 4 is 28.3 Å². The van der Waals surface area contributed by atoms with Crippen molar-refractivity contribution in [3.8, 4) is 0 Å². The number of carbonyl (C=O) groups is 1. The summed E-state index contributed by atoms with van der Waals surface area (Å²) in [6, 6.07) is 0.907. The lowest BCUT2D eigenvalue weighted by Crippen LogP contribution is -2.27. The van der Waals surface area contributed by atoms with E-state index in [-0.39, 0.29) is 5.91 Å². The molecule has 0 aliphatic heterocycles. The van der Waals surface area contributed by atoms with Crippen LogP contribution in [0.1, 0.15) is 42.5 Å². The molecule has 0 radical (unpaired) electrons. The number of rotatable bonds is 4. The number of aromatic nitrogens is 1. The summed E-state index contributed by atoms with van der Waals surface area (Å²) in [6.07, 6.45) is 6.42. The number of nitrogens with one attached hydrogen (secondary N) is 2. The lowest BCUT2D eigenvalue weighted by Gasteiger charge is -2.11. The van der Waals surface area contributed by atoms with Gasteiger partial charge in [-0.15, -0.1) is 0 Å². The summed E-state index contributed by atoms with van der Waals surface area (Å²) in [4.78, 5) is 12.3. The summed E-state index contributed by atoms with van der Waals surface area (Å²) in [5.41, 5.74) is 6.49. The van der Waals surface area contributed by atoms with E-state index >= 15 is 0 Å². The molecule has 6 heteroatoms. The monoisotopic (exact) mass is 304 g/mol. The van der Waals surface area contributed by atoms with Crippen molar-refractivity contribution in [1.29, 1.82) is 0 Å². The normalized spacial score (nSPS) is 39.1. The SMILES string of the molecule is Nc1nsc(NC2C3C4CCC(C4)C23)c1C(=O)NC1CC1. The maximum Gasteiger partial charge on any atom is 0.258 e.